The highest BCUT2D eigenvalue weighted by atomic mass is 35.5. The molecule has 1 heterocycles. The van der Waals surface area contributed by atoms with E-state index in [0.717, 1.165) is 59.4 Å². The number of amides is 1. The zero-order chi connectivity index (χ0) is 28.2. The number of ether oxygens (including phenoxy) is 2. The fourth-order valence-electron chi connectivity index (χ4n) is 5.23. The third kappa shape index (κ3) is 6.54. The lowest BCUT2D eigenvalue weighted by Crippen LogP contribution is -2.39. The van der Waals surface area contributed by atoms with Gasteiger partial charge in [0.25, 0.3) is 5.91 Å². The Morgan fingerprint density at radius 1 is 0.950 bits per heavy atom. The third-order valence-electron chi connectivity index (χ3n) is 8.14. The number of carbonyl (C=O) groups is 1. The van der Waals surface area contributed by atoms with Crippen molar-refractivity contribution < 1.29 is 14.3 Å². The molecule has 1 saturated carbocycles. The van der Waals surface area contributed by atoms with Crippen molar-refractivity contribution in [2.24, 2.45) is 0 Å². The lowest BCUT2D eigenvalue weighted by atomic mass is 9.93. The molecule has 2 aliphatic rings. The van der Waals surface area contributed by atoms with Crippen LogP contribution in [0.4, 0.5) is 0 Å². The number of hydrogen-bond donors (Lipinski definition) is 1. The number of nitrogens with zero attached hydrogens (tertiary/aromatic N) is 1. The van der Waals surface area contributed by atoms with Crippen LogP contribution in [0.2, 0.25) is 5.02 Å². The maximum Gasteiger partial charge on any atom is 0.251 e. The Bertz CT molecular complexity index is 1410. The minimum atomic E-state index is 0.160. The van der Waals surface area contributed by atoms with Crippen LogP contribution < -0.4 is 14.8 Å². The highest BCUT2D eigenvalue weighted by Gasteiger charge is 2.35. The molecule has 1 N–H and O–H groups in total. The van der Waals surface area contributed by atoms with Gasteiger partial charge in [-0.3, -0.25) is 4.79 Å². The predicted molar refractivity (Wildman–Crippen MR) is 162 cm³/mol. The van der Waals surface area contributed by atoms with Gasteiger partial charge in [-0.25, -0.2) is 0 Å². The van der Waals surface area contributed by atoms with Gasteiger partial charge in [-0.15, -0.1) is 0 Å². The lowest BCUT2D eigenvalue weighted by molar-refractivity contribution is -0.128. The van der Waals surface area contributed by atoms with E-state index in [-0.39, 0.29) is 5.91 Å². The molecule has 0 spiro atoms. The number of rotatable bonds is 10. The molecule has 1 aliphatic heterocycles. The number of carbonyl (C=O) groups excluding carboxylic acids is 1. The largest absolute Gasteiger partial charge is 0.490 e. The molecule has 5 nitrogen and oxygen atoms in total. The average Bonchev–Trinajstić information content (AvgIpc) is 3.80. The van der Waals surface area contributed by atoms with E-state index in [9.17, 15) is 4.79 Å². The molecule has 5 rings (SSSR count). The van der Waals surface area contributed by atoms with E-state index in [1.165, 1.54) is 16.7 Å². The van der Waals surface area contributed by atoms with Gasteiger partial charge in [0.05, 0.1) is 5.02 Å². The van der Waals surface area contributed by atoms with E-state index in [1.54, 1.807) is 0 Å². The fraction of sp³-hybridized carbons (Fsp3) is 0.382. The Labute approximate surface area is 243 Å². The van der Waals surface area contributed by atoms with Crippen LogP contribution in [0.5, 0.6) is 11.5 Å². The first-order chi connectivity index (χ1) is 19.3. The van der Waals surface area contributed by atoms with E-state index >= 15 is 0 Å². The lowest BCUT2D eigenvalue weighted by Gasteiger charge is -2.29. The normalized spacial score (nSPS) is 15.2. The van der Waals surface area contributed by atoms with Crippen molar-refractivity contribution in [1.82, 2.24) is 10.2 Å². The second kappa shape index (κ2) is 12.5. The summed E-state index contributed by atoms with van der Waals surface area (Å²) in [5.74, 6) is 1.61. The van der Waals surface area contributed by atoms with Crippen molar-refractivity contribution in [1.29, 1.82) is 0 Å². The molecular formula is C34H39ClN2O3. The van der Waals surface area contributed by atoms with Crippen LogP contribution in [0.25, 0.3) is 5.57 Å². The molecule has 3 aromatic carbocycles. The van der Waals surface area contributed by atoms with Gasteiger partial charge in [0.15, 0.2) is 0 Å². The molecule has 210 valence electrons. The summed E-state index contributed by atoms with van der Waals surface area (Å²) in [6.45, 7) is 11.3. The second-order valence-electron chi connectivity index (χ2n) is 11.0. The van der Waals surface area contributed by atoms with E-state index < -0.39 is 0 Å². The monoisotopic (exact) mass is 558 g/mol. The van der Waals surface area contributed by atoms with Gasteiger partial charge in [-0.1, -0.05) is 41.9 Å². The topological polar surface area (TPSA) is 50.8 Å². The summed E-state index contributed by atoms with van der Waals surface area (Å²) >= 11 is 6.31. The van der Waals surface area contributed by atoms with Crippen LogP contribution in [-0.4, -0.2) is 43.2 Å². The van der Waals surface area contributed by atoms with Crippen molar-refractivity contribution in [2.75, 3.05) is 26.3 Å². The fourth-order valence-corrected chi connectivity index (χ4v) is 5.50. The van der Waals surface area contributed by atoms with E-state index in [1.807, 2.05) is 38.1 Å². The van der Waals surface area contributed by atoms with Crippen molar-refractivity contribution in [3.63, 3.8) is 0 Å². The summed E-state index contributed by atoms with van der Waals surface area (Å²) in [5, 5.41) is 4.04. The molecule has 0 atom stereocenters. The highest BCUT2D eigenvalue weighted by Crippen LogP contribution is 2.34. The molecule has 1 aliphatic carbocycles. The van der Waals surface area contributed by atoms with Gasteiger partial charge in [0.1, 0.15) is 24.7 Å². The Morgan fingerprint density at radius 2 is 1.68 bits per heavy atom. The predicted octanol–water partition coefficient (Wildman–Crippen LogP) is 6.97. The van der Waals surface area contributed by atoms with Crippen molar-refractivity contribution in [2.45, 2.75) is 59.5 Å². The SMILES string of the molecule is Cc1cc(Cl)c(OCCOc2ccc(C3=C(C(=O)N(Cc4cccc(C)c4C)C4CC4)CNCC3)cc2)cc1C. The molecule has 6 heteroatoms. The molecule has 0 unspecified atom stereocenters. The van der Waals surface area contributed by atoms with Crippen molar-refractivity contribution in [3.05, 3.63) is 98.6 Å². The molecule has 0 bridgehead atoms. The summed E-state index contributed by atoms with van der Waals surface area (Å²) in [5.41, 5.74) is 9.16. The van der Waals surface area contributed by atoms with E-state index in [0.29, 0.717) is 43.1 Å². The minimum Gasteiger partial charge on any atom is -0.490 e. The number of benzene rings is 3. The first-order valence-corrected chi connectivity index (χ1v) is 14.6. The van der Waals surface area contributed by atoms with Gasteiger partial charge in [0, 0.05) is 24.7 Å². The standard InChI is InChI=1S/C34H39ClN2O3/c1-22-6-5-7-27(25(22)4)21-37(28-10-11-28)34(38)31-20-36-15-14-30(31)26-8-12-29(13-9-26)39-16-17-40-33-19-24(3)23(2)18-32(33)35/h5-9,12-13,18-19,28,36H,10-11,14-17,20-21H2,1-4H3. The van der Waals surface area contributed by atoms with Gasteiger partial charge in [-0.2, -0.15) is 0 Å². The van der Waals surface area contributed by atoms with Crippen molar-refractivity contribution >= 4 is 23.1 Å². The van der Waals surface area contributed by atoms with E-state index in [4.69, 9.17) is 21.1 Å². The third-order valence-corrected chi connectivity index (χ3v) is 8.44. The van der Waals surface area contributed by atoms with Crippen LogP contribution in [0.15, 0.2) is 60.2 Å². The summed E-state index contributed by atoms with van der Waals surface area (Å²) in [6, 6.07) is 18.7. The summed E-state index contributed by atoms with van der Waals surface area (Å²) in [7, 11) is 0. The number of nitrogens with one attached hydrogen (secondary N) is 1. The van der Waals surface area contributed by atoms with Crippen LogP contribution in [0.3, 0.4) is 0 Å². The maximum absolute atomic E-state index is 14.0. The maximum atomic E-state index is 14.0. The average molecular weight is 559 g/mol. The van der Waals surface area contributed by atoms with Crippen LogP contribution in [-0.2, 0) is 11.3 Å². The Balaban J connectivity index is 1.26. The van der Waals surface area contributed by atoms with Crippen LogP contribution in [0, 0.1) is 27.7 Å². The molecule has 0 aromatic heterocycles. The quantitative estimate of drug-likeness (QED) is 0.273. The smallest absolute Gasteiger partial charge is 0.251 e. The molecule has 0 saturated heterocycles. The Morgan fingerprint density at radius 3 is 2.42 bits per heavy atom. The summed E-state index contributed by atoms with van der Waals surface area (Å²) in [4.78, 5) is 16.1. The summed E-state index contributed by atoms with van der Waals surface area (Å²) in [6.07, 6.45) is 2.99. The molecule has 40 heavy (non-hydrogen) atoms. The molecule has 1 amide bonds. The Kier molecular flexibility index (Phi) is 8.82. The molecular weight excluding hydrogens is 520 g/mol. The molecule has 1 fully saturated rings. The first kappa shape index (κ1) is 28.3. The number of aryl methyl sites for hydroxylation is 3. The van der Waals surface area contributed by atoms with Gasteiger partial charge in [-0.05, 0) is 117 Å². The van der Waals surface area contributed by atoms with Gasteiger partial charge < -0.3 is 19.7 Å². The van der Waals surface area contributed by atoms with Crippen LogP contribution >= 0.6 is 11.6 Å². The van der Waals surface area contributed by atoms with Gasteiger partial charge in [0.2, 0.25) is 0 Å². The molecule has 0 radical (unpaired) electrons. The first-order valence-electron chi connectivity index (χ1n) is 14.2. The zero-order valence-electron chi connectivity index (χ0n) is 24.0. The second-order valence-corrected chi connectivity index (χ2v) is 11.4. The number of halogens is 1. The highest BCUT2D eigenvalue weighted by molar-refractivity contribution is 6.32. The van der Waals surface area contributed by atoms with Crippen LogP contribution in [0.1, 0.15) is 52.6 Å². The van der Waals surface area contributed by atoms with Gasteiger partial charge >= 0.3 is 0 Å². The van der Waals surface area contributed by atoms with E-state index in [2.05, 4.69) is 54.4 Å². The Hall–Kier alpha value is -3.28. The van der Waals surface area contributed by atoms with Crippen molar-refractivity contribution in [3.8, 4) is 11.5 Å². The summed E-state index contributed by atoms with van der Waals surface area (Å²) < 4.78 is 11.8. The number of hydrogen-bond acceptors (Lipinski definition) is 4. The minimum absolute atomic E-state index is 0.160. The zero-order valence-corrected chi connectivity index (χ0v) is 24.7. The molecule has 3 aromatic rings.